The Labute approximate surface area is 157 Å². The predicted octanol–water partition coefficient (Wildman–Crippen LogP) is 0.741. The lowest BCUT2D eigenvalue weighted by molar-refractivity contribution is -0.161. The Morgan fingerprint density at radius 3 is 2.44 bits per heavy atom. The van der Waals surface area contributed by atoms with Crippen LogP contribution in [-0.4, -0.2) is 47.3 Å². The molecule has 3 aliphatic rings. The number of benzene rings is 1. The number of hydrogen-bond donors (Lipinski definition) is 1. The van der Waals surface area contributed by atoms with Crippen molar-refractivity contribution in [2.24, 2.45) is 5.92 Å². The Bertz CT molecular complexity index is 780. The number of carbonyl (C=O) groups excluding carboxylic acids is 4. The third-order valence-electron chi connectivity index (χ3n) is 5.63. The molecule has 2 aliphatic heterocycles. The van der Waals surface area contributed by atoms with Gasteiger partial charge in [0.05, 0.1) is 6.42 Å². The van der Waals surface area contributed by atoms with Gasteiger partial charge in [-0.05, 0) is 42.7 Å². The van der Waals surface area contributed by atoms with E-state index in [2.05, 4.69) is 17.4 Å². The molecule has 1 N–H and O–H groups in total. The van der Waals surface area contributed by atoms with Crippen LogP contribution in [0.3, 0.4) is 0 Å². The molecular weight excluding hydrogens is 348 g/mol. The summed E-state index contributed by atoms with van der Waals surface area (Å²) in [6, 6.07) is 7.57. The zero-order valence-corrected chi connectivity index (χ0v) is 15.0. The number of imide groups is 1. The van der Waals surface area contributed by atoms with E-state index in [0.717, 1.165) is 19.3 Å². The zero-order valence-electron chi connectivity index (χ0n) is 15.0. The Morgan fingerprint density at radius 2 is 1.81 bits per heavy atom. The summed E-state index contributed by atoms with van der Waals surface area (Å²) in [5.41, 5.74) is 2.59. The summed E-state index contributed by atoms with van der Waals surface area (Å²) in [7, 11) is 0. The number of likely N-dealkylation sites (tertiary alicyclic amines) is 1. The lowest BCUT2D eigenvalue weighted by atomic mass is 10.0. The molecule has 27 heavy (non-hydrogen) atoms. The molecule has 1 aliphatic carbocycles. The van der Waals surface area contributed by atoms with Crippen molar-refractivity contribution in [3.8, 4) is 0 Å². The van der Waals surface area contributed by atoms with Gasteiger partial charge in [0.1, 0.15) is 6.04 Å². The second-order valence-corrected chi connectivity index (χ2v) is 7.53. The molecule has 0 aromatic heterocycles. The van der Waals surface area contributed by atoms with E-state index in [0.29, 0.717) is 19.4 Å². The van der Waals surface area contributed by atoms with Crippen molar-refractivity contribution in [1.82, 2.24) is 10.2 Å². The number of nitrogens with one attached hydrogen (secondary N) is 1. The van der Waals surface area contributed by atoms with Crippen LogP contribution in [0.1, 0.15) is 36.8 Å². The first-order valence-corrected chi connectivity index (χ1v) is 9.41. The zero-order chi connectivity index (χ0) is 19.0. The van der Waals surface area contributed by atoms with Gasteiger partial charge in [0.15, 0.2) is 6.10 Å². The van der Waals surface area contributed by atoms with E-state index >= 15 is 0 Å². The summed E-state index contributed by atoms with van der Waals surface area (Å²) in [6.07, 6.45) is 2.20. The molecule has 142 valence electrons. The number of fused-ring (bicyclic) bond motifs is 1. The van der Waals surface area contributed by atoms with Crippen molar-refractivity contribution in [2.75, 3.05) is 6.54 Å². The fraction of sp³-hybridized carbons (Fsp3) is 0.500. The van der Waals surface area contributed by atoms with Gasteiger partial charge < -0.3 is 9.64 Å². The van der Waals surface area contributed by atoms with Crippen LogP contribution in [0, 0.1) is 5.92 Å². The van der Waals surface area contributed by atoms with Crippen LogP contribution in [0.2, 0.25) is 0 Å². The van der Waals surface area contributed by atoms with Gasteiger partial charge in [0.25, 0.3) is 5.91 Å². The maximum Gasteiger partial charge on any atom is 0.329 e. The number of nitrogens with zero attached hydrogens (tertiary/aromatic N) is 1. The summed E-state index contributed by atoms with van der Waals surface area (Å²) in [5, 5.41) is 2.12. The van der Waals surface area contributed by atoms with Crippen molar-refractivity contribution in [3.63, 3.8) is 0 Å². The molecule has 7 heteroatoms. The molecule has 4 rings (SSSR count). The van der Waals surface area contributed by atoms with E-state index in [1.54, 1.807) is 4.90 Å². The maximum atomic E-state index is 12.8. The lowest BCUT2D eigenvalue weighted by Crippen LogP contribution is -2.43. The van der Waals surface area contributed by atoms with Crippen LogP contribution < -0.4 is 5.32 Å². The summed E-state index contributed by atoms with van der Waals surface area (Å²) < 4.78 is 5.21. The normalized spacial score (nSPS) is 24.8. The van der Waals surface area contributed by atoms with Gasteiger partial charge in [-0.15, -0.1) is 0 Å². The number of ether oxygens (including phenoxy) is 1. The minimum absolute atomic E-state index is 0.0424. The predicted molar refractivity (Wildman–Crippen MR) is 94.3 cm³/mol. The molecule has 1 unspecified atom stereocenters. The first-order chi connectivity index (χ1) is 13.0. The SMILES string of the molecule is O=C1CC(OC(=O)[C@@H]2CCCN2C(=O)CC2Cc3ccccc3C2)C(=O)N1. The van der Waals surface area contributed by atoms with Crippen molar-refractivity contribution >= 4 is 23.7 Å². The summed E-state index contributed by atoms with van der Waals surface area (Å²) in [4.78, 5) is 49.7. The molecule has 2 atom stereocenters. The minimum atomic E-state index is -1.08. The smallest absolute Gasteiger partial charge is 0.329 e. The topological polar surface area (TPSA) is 92.8 Å². The Hall–Kier alpha value is -2.70. The van der Waals surface area contributed by atoms with E-state index in [1.807, 2.05) is 12.1 Å². The average molecular weight is 370 g/mol. The van der Waals surface area contributed by atoms with Gasteiger partial charge in [0, 0.05) is 13.0 Å². The van der Waals surface area contributed by atoms with Gasteiger partial charge in [-0.3, -0.25) is 19.7 Å². The molecule has 1 aromatic rings. The Kier molecular flexibility index (Phi) is 4.68. The Balaban J connectivity index is 1.35. The third-order valence-corrected chi connectivity index (χ3v) is 5.63. The standard InChI is InChI=1S/C20H22N2O5/c23-17-11-16(19(25)21-17)27-20(26)15-6-3-7-22(15)18(24)10-12-8-13-4-1-2-5-14(13)9-12/h1-2,4-5,12,15-16H,3,6-11H2,(H,21,23,25)/t15-,16?/m0/s1. The largest absolute Gasteiger partial charge is 0.450 e. The number of hydrogen-bond acceptors (Lipinski definition) is 5. The van der Waals surface area contributed by atoms with Crippen LogP contribution in [-0.2, 0) is 36.8 Å². The Morgan fingerprint density at radius 1 is 1.11 bits per heavy atom. The molecule has 7 nitrogen and oxygen atoms in total. The van der Waals surface area contributed by atoms with E-state index in [4.69, 9.17) is 4.74 Å². The number of esters is 1. The second kappa shape index (κ2) is 7.13. The number of carbonyl (C=O) groups is 4. The summed E-state index contributed by atoms with van der Waals surface area (Å²) >= 11 is 0. The minimum Gasteiger partial charge on any atom is -0.450 e. The quantitative estimate of drug-likeness (QED) is 0.623. The molecular formula is C20H22N2O5. The summed E-state index contributed by atoms with van der Waals surface area (Å²) in [5.74, 6) is -1.42. The third kappa shape index (κ3) is 3.59. The lowest BCUT2D eigenvalue weighted by Gasteiger charge is -2.25. The van der Waals surface area contributed by atoms with Crippen molar-refractivity contribution in [2.45, 2.75) is 50.7 Å². The maximum absolute atomic E-state index is 12.8. The van der Waals surface area contributed by atoms with Gasteiger partial charge >= 0.3 is 5.97 Å². The van der Waals surface area contributed by atoms with Crippen LogP contribution in [0.4, 0.5) is 0 Å². The van der Waals surface area contributed by atoms with Gasteiger partial charge in [-0.1, -0.05) is 24.3 Å². The second-order valence-electron chi connectivity index (χ2n) is 7.53. The molecule has 3 amide bonds. The highest BCUT2D eigenvalue weighted by molar-refractivity contribution is 6.05. The van der Waals surface area contributed by atoms with Crippen molar-refractivity contribution in [1.29, 1.82) is 0 Å². The van der Waals surface area contributed by atoms with Gasteiger partial charge in [-0.25, -0.2) is 4.79 Å². The van der Waals surface area contributed by atoms with E-state index in [9.17, 15) is 19.2 Å². The monoisotopic (exact) mass is 370 g/mol. The molecule has 2 saturated heterocycles. The van der Waals surface area contributed by atoms with Crippen molar-refractivity contribution < 1.29 is 23.9 Å². The number of amides is 3. The van der Waals surface area contributed by atoms with Crippen LogP contribution in [0.5, 0.6) is 0 Å². The first-order valence-electron chi connectivity index (χ1n) is 9.41. The number of rotatable bonds is 4. The van der Waals surface area contributed by atoms with E-state index in [1.165, 1.54) is 11.1 Å². The van der Waals surface area contributed by atoms with Crippen LogP contribution >= 0.6 is 0 Å². The molecule has 2 heterocycles. The summed E-state index contributed by atoms with van der Waals surface area (Å²) in [6.45, 7) is 0.522. The van der Waals surface area contributed by atoms with Crippen LogP contribution in [0.15, 0.2) is 24.3 Å². The van der Waals surface area contributed by atoms with E-state index < -0.39 is 29.9 Å². The average Bonchev–Trinajstić information content (AvgIpc) is 3.33. The fourth-order valence-electron chi connectivity index (χ4n) is 4.31. The molecule has 0 spiro atoms. The molecule has 0 saturated carbocycles. The van der Waals surface area contributed by atoms with Gasteiger partial charge in [-0.2, -0.15) is 0 Å². The van der Waals surface area contributed by atoms with Crippen molar-refractivity contribution in [3.05, 3.63) is 35.4 Å². The molecule has 0 radical (unpaired) electrons. The molecule has 1 aromatic carbocycles. The molecule has 2 fully saturated rings. The molecule has 0 bridgehead atoms. The van der Waals surface area contributed by atoms with Crippen LogP contribution in [0.25, 0.3) is 0 Å². The van der Waals surface area contributed by atoms with Gasteiger partial charge in [0.2, 0.25) is 11.8 Å². The fourth-order valence-corrected chi connectivity index (χ4v) is 4.31. The highest BCUT2D eigenvalue weighted by atomic mass is 16.6. The van der Waals surface area contributed by atoms with E-state index in [-0.39, 0.29) is 18.2 Å². The highest BCUT2D eigenvalue weighted by Crippen LogP contribution is 2.30. The first kappa shape index (κ1) is 17.7. The highest BCUT2D eigenvalue weighted by Gasteiger charge is 2.40.